The minimum Gasteiger partial charge on any atom is -0.504 e. The van der Waals surface area contributed by atoms with E-state index in [1.54, 1.807) is 0 Å². The molecule has 0 saturated carbocycles. The van der Waals surface area contributed by atoms with Crippen LogP contribution in [0.2, 0.25) is 0 Å². The van der Waals surface area contributed by atoms with E-state index < -0.39 is 17.5 Å². The molecule has 0 fully saturated rings. The number of amides is 1. The number of hydrogen-bond donors (Lipinski definition) is 6. The Hall–Kier alpha value is -3.07. The summed E-state index contributed by atoms with van der Waals surface area (Å²) in [6.45, 7) is 16.0. The van der Waals surface area contributed by atoms with Gasteiger partial charge in [0.05, 0.1) is 5.92 Å². The predicted molar refractivity (Wildman–Crippen MR) is 139 cm³/mol. The highest BCUT2D eigenvalue weighted by atomic mass is 16.4. The Morgan fingerprint density at radius 2 is 1.56 bits per heavy atom. The van der Waals surface area contributed by atoms with E-state index in [2.05, 4.69) is 43.8 Å². The van der Waals surface area contributed by atoms with Gasteiger partial charge in [-0.2, -0.15) is 0 Å². The Morgan fingerprint density at radius 1 is 0.972 bits per heavy atom. The number of phenolic OH excluding ortho intramolecular Hbond substituents is 2. The molecular formula is C27H44N2O7. The third-order valence-electron chi connectivity index (χ3n) is 5.65. The number of rotatable bonds is 11. The topological polar surface area (TPSA) is 156 Å². The zero-order valence-electron chi connectivity index (χ0n) is 22.8. The van der Waals surface area contributed by atoms with Gasteiger partial charge < -0.3 is 20.4 Å². The van der Waals surface area contributed by atoms with Gasteiger partial charge in [0.1, 0.15) is 5.54 Å². The fourth-order valence-electron chi connectivity index (χ4n) is 3.80. The quantitative estimate of drug-likeness (QED) is 0.111. The van der Waals surface area contributed by atoms with Crippen LogP contribution in [-0.2, 0) is 20.8 Å². The van der Waals surface area contributed by atoms with E-state index in [4.69, 9.17) is 10.2 Å². The first-order valence-electron chi connectivity index (χ1n) is 11.9. The Balaban J connectivity index is 0.000000681. The smallest absolute Gasteiger partial charge is 0.325 e. The van der Waals surface area contributed by atoms with Crippen LogP contribution in [0.3, 0.4) is 0 Å². The van der Waals surface area contributed by atoms with E-state index >= 15 is 0 Å². The molecule has 1 amide bonds. The zero-order valence-corrected chi connectivity index (χ0v) is 22.8. The first-order chi connectivity index (χ1) is 16.3. The molecular weight excluding hydrogens is 464 g/mol. The Morgan fingerprint density at radius 3 is 1.97 bits per heavy atom. The van der Waals surface area contributed by atoms with Crippen LogP contribution < -0.4 is 10.9 Å². The van der Waals surface area contributed by atoms with Crippen molar-refractivity contribution < 1.29 is 34.8 Å². The lowest BCUT2D eigenvalue weighted by Crippen LogP contribution is -2.56. The lowest BCUT2D eigenvalue weighted by Gasteiger charge is -2.31. The molecule has 1 aromatic carbocycles. The van der Waals surface area contributed by atoms with Gasteiger partial charge in [-0.15, -0.1) is 0 Å². The van der Waals surface area contributed by atoms with Crippen LogP contribution in [0.4, 0.5) is 0 Å². The van der Waals surface area contributed by atoms with Gasteiger partial charge in [-0.1, -0.05) is 66.7 Å². The van der Waals surface area contributed by atoms with Crippen molar-refractivity contribution >= 4 is 18.3 Å². The summed E-state index contributed by atoms with van der Waals surface area (Å²) in [5.41, 5.74) is 3.64. The van der Waals surface area contributed by atoms with Crippen LogP contribution in [0.5, 0.6) is 11.5 Å². The van der Waals surface area contributed by atoms with Crippen molar-refractivity contribution in [1.82, 2.24) is 10.9 Å². The van der Waals surface area contributed by atoms with Gasteiger partial charge in [-0.25, -0.2) is 5.43 Å². The number of allylic oxidation sites excluding steroid dienone is 2. The molecule has 3 unspecified atom stereocenters. The number of carbonyl (C=O) groups is 3. The van der Waals surface area contributed by atoms with Crippen LogP contribution in [0.15, 0.2) is 30.4 Å². The van der Waals surface area contributed by atoms with E-state index in [1.165, 1.54) is 25.1 Å². The summed E-state index contributed by atoms with van der Waals surface area (Å²) in [5, 5.41) is 36.9. The number of hydrogen-bond acceptors (Lipinski definition) is 6. The number of nitrogens with one attached hydrogen (secondary N) is 2. The summed E-state index contributed by atoms with van der Waals surface area (Å²) in [6.07, 6.45) is 6.53. The summed E-state index contributed by atoms with van der Waals surface area (Å²) in [7, 11) is 0. The maximum atomic E-state index is 11.4. The molecule has 0 aliphatic carbocycles. The second-order valence-corrected chi connectivity index (χ2v) is 11.7. The van der Waals surface area contributed by atoms with E-state index in [-0.39, 0.29) is 35.2 Å². The molecule has 0 radical (unpaired) electrons. The van der Waals surface area contributed by atoms with Crippen molar-refractivity contribution in [3.8, 4) is 11.5 Å². The van der Waals surface area contributed by atoms with Crippen molar-refractivity contribution in [3.05, 3.63) is 35.9 Å². The minimum absolute atomic E-state index is 0.0109. The largest absolute Gasteiger partial charge is 0.504 e. The van der Waals surface area contributed by atoms with E-state index in [0.29, 0.717) is 17.4 Å². The van der Waals surface area contributed by atoms with Gasteiger partial charge in [0.25, 0.3) is 0 Å². The van der Waals surface area contributed by atoms with E-state index in [9.17, 15) is 24.6 Å². The molecule has 3 atom stereocenters. The molecule has 9 nitrogen and oxygen atoms in total. The third-order valence-corrected chi connectivity index (χ3v) is 5.65. The van der Waals surface area contributed by atoms with Gasteiger partial charge in [0, 0.05) is 6.42 Å². The maximum absolute atomic E-state index is 11.4. The lowest BCUT2D eigenvalue weighted by atomic mass is 9.72. The van der Waals surface area contributed by atoms with Crippen molar-refractivity contribution in [2.75, 3.05) is 0 Å². The van der Waals surface area contributed by atoms with Gasteiger partial charge >= 0.3 is 11.9 Å². The second-order valence-electron chi connectivity index (χ2n) is 11.7. The summed E-state index contributed by atoms with van der Waals surface area (Å²) < 4.78 is 0. The number of carboxylic acid groups (broad SMARTS) is 2. The highest BCUT2D eigenvalue weighted by Gasteiger charge is 2.35. The summed E-state index contributed by atoms with van der Waals surface area (Å²) in [5.74, 6) is -2.59. The van der Waals surface area contributed by atoms with Crippen molar-refractivity contribution in [3.63, 3.8) is 0 Å². The number of phenols is 2. The van der Waals surface area contributed by atoms with E-state index in [1.807, 2.05) is 27.7 Å². The van der Waals surface area contributed by atoms with Crippen LogP contribution in [0, 0.1) is 22.7 Å². The molecule has 1 aromatic rings. The van der Waals surface area contributed by atoms with Crippen LogP contribution in [0.25, 0.3) is 0 Å². The monoisotopic (exact) mass is 508 g/mol. The fourth-order valence-corrected chi connectivity index (χ4v) is 3.80. The first kappa shape index (κ1) is 32.9. The van der Waals surface area contributed by atoms with Crippen LogP contribution >= 0.6 is 0 Å². The van der Waals surface area contributed by atoms with Crippen LogP contribution in [-0.4, -0.2) is 44.3 Å². The van der Waals surface area contributed by atoms with Crippen LogP contribution in [0.1, 0.15) is 73.8 Å². The fraction of sp³-hybridized carbons (Fsp3) is 0.593. The standard InChI is InChI=1S/C16H30O2.C11H14N2O5/c1-12(10-8-9-11-15(2,3)4)13(14(17)18)16(5,6)7;1-11(10(17)18,13-12-6-14)5-7-2-3-8(15)9(16)4-7/h8-9,12-13H,10-11H2,1-7H3,(H,17,18);2-4,6,13,15-16H,5H2,1H3,(H,12,14)(H,17,18)/b9-8+;. The summed E-state index contributed by atoms with van der Waals surface area (Å²) in [6, 6.07) is 4.01. The molecule has 6 N–H and O–H groups in total. The molecule has 0 bridgehead atoms. The Kier molecular flexibility index (Phi) is 12.7. The van der Waals surface area contributed by atoms with E-state index in [0.717, 1.165) is 12.8 Å². The molecule has 0 aliphatic rings. The van der Waals surface area contributed by atoms with Gasteiger partial charge in [0.2, 0.25) is 6.41 Å². The first-order valence-corrected chi connectivity index (χ1v) is 11.9. The molecule has 0 spiro atoms. The molecule has 1 rings (SSSR count). The van der Waals surface area contributed by atoms with Gasteiger partial charge in [-0.3, -0.25) is 19.8 Å². The normalized spacial score (nSPS) is 15.2. The summed E-state index contributed by atoms with van der Waals surface area (Å²) >= 11 is 0. The zero-order chi connectivity index (χ0) is 28.3. The van der Waals surface area contributed by atoms with Gasteiger partial charge in [-0.05, 0) is 54.2 Å². The van der Waals surface area contributed by atoms with Crippen molar-refractivity contribution in [2.45, 2.75) is 80.2 Å². The van der Waals surface area contributed by atoms with Gasteiger partial charge in [0.15, 0.2) is 11.5 Å². The molecule has 0 aromatic heterocycles. The number of hydrazine groups is 1. The number of aromatic hydroxyl groups is 2. The molecule has 0 heterocycles. The molecule has 9 heteroatoms. The SMILES string of the molecule is CC(C/C=C/CC(C)(C)C)C(C(=O)O)C(C)(C)C.CC(Cc1ccc(O)c(O)c1)(NNC=O)C(=O)O. The highest BCUT2D eigenvalue weighted by Crippen LogP contribution is 2.34. The number of aliphatic carboxylic acids is 2. The Labute approximate surface area is 214 Å². The molecule has 0 aliphatic heterocycles. The molecule has 0 saturated heterocycles. The Bertz CT molecular complexity index is 900. The number of carbonyl (C=O) groups excluding carboxylic acids is 1. The lowest BCUT2D eigenvalue weighted by molar-refractivity contribution is -0.148. The summed E-state index contributed by atoms with van der Waals surface area (Å²) in [4.78, 5) is 32.7. The highest BCUT2D eigenvalue weighted by molar-refractivity contribution is 5.79. The molecule has 36 heavy (non-hydrogen) atoms. The number of carboxylic acids is 2. The minimum atomic E-state index is -1.43. The average molecular weight is 509 g/mol. The predicted octanol–water partition coefficient (Wildman–Crippen LogP) is 4.49. The van der Waals surface area contributed by atoms with Crippen molar-refractivity contribution in [1.29, 1.82) is 0 Å². The maximum Gasteiger partial charge on any atom is 0.325 e. The van der Waals surface area contributed by atoms with Crippen molar-refractivity contribution in [2.24, 2.45) is 22.7 Å². The third kappa shape index (κ3) is 12.1. The second kappa shape index (κ2) is 13.9. The average Bonchev–Trinajstić information content (AvgIpc) is 2.71. The molecule has 204 valence electrons. The number of benzene rings is 1.